The van der Waals surface area contributed by atoms with Gasteiger partial charge in [0.15, 0.2) is 23.3 Å². The van der Waals surface area contributed by atoms with Gasteiger partial charge in [-0.05, 0) is 48.9 Å². The number of benzene rings is 3. The van der Waals surface area contributed by atoms with Gasteiger partial charge in [0.2, 0.25) is 5.82 Å². The molecule has 4 rings (SSSR count). The van der Waals surface area contributed by atoms with Gasteiger partial charge in [-0.25, -0.2) is 22.0 Å². The molecule has 0 saturated carbocycles. The highest BCUT2D eigenvalue weighted by Gasteiger charge is 2.37. The fraction of sp³-hybridized carbons (Fsp3) is 0.0800. The van der Waals surface area contributed by atoms with E-state index >= 15 is 0 Å². The molecule has 1 heterocycles. The molecule has 1 amide bonds. The van der Waals surface area contributed by atoms with Gasteiger partial charge in [0.25, 0.3) is 5.91 Å². The molecule has 0 radical (unpaired) electrons. The van der Waals surface area contributed by atoms with E-state index in [9.17, 15) is 26.7 Å². The second kappa shape index (κ2) is 9.91. The van der Waals surface area contributed by atoms with Crippen molar-refractivity contribution < 1.29 is 31.5 Å². The molecule has 3 aromatic carbocycles. The Bertz CT molecular complexity index is 1470. The summed E-state index contributed by atoms with van der Waals surface area (Å²) in [5.74, 6) is -11.8. The third kappa shape index (κ3) is 4.59. The van der Waals surface area contributed by atoms with Gasteiger partial charge < -0.3 is 4.74 Å². The predicted octanol–water partition coefficient (Wildman–Crippen LogP) is 6.40. The molecule has 0 N–H and O–H groups in total. The van der Waals surface area contributed by atoms with E-state index < -0.39 is 40.7 Å². The van der Waals surface area contributed by atoms with Crippen molar-refractivity contribution >= 4 is 39.3 Å². The Labute approximate surface area is 209 Å². The minimum absolute atomic E-state index is 0.0121. The number of hydrogen-bond acceptors (Lipinski definition) is 4. The molecule has 36 heavy (non-hydrogen) atoms. The Kier molecular flexibility index (Phi) is 6.90. The Morgan fingerprint density at radius 3 is 2.22 bits per heavy atom. The Morgan fingerprint density at radius 1 is 1.00 bits per heavy atom. The third-order valence-electron chi connectivity index (χ3n) is 5.21. The van der Waals surface area contributed by atoms with Crippen molar-refractivity contribution in [3.8, 4) is 11.8 Å². The van der Waals surface area contributed by atoms with Gasteiger partial charge in [0.05, 0.1) is 22.9 Å². The number of ether oxygens (including phenoxy) is 1. The van der Waals surface area contributed by atoms with Crippen LogP contribution in [0.4, 0.5) is 27.6 Å². The first-order valence-corrected chi connectivity index (χ1v) is 11.0. The van der Waals surface area contributed by atoms with Gasteiger partial charge in [-0.2, -0.15) is 15.4 Å². The first-order valence-electron chi connectivity index (χ1n) is 10.2. The zero-order valence-electron chi connectivity index (χ0n) is 18.3. The second-order valence-corrected chi connectivity index (χ2v) is 8.47. The first kappa shape index (κ1) is 25.1. The van der Waals surface area contributed by atoms with Gasteiger partial charge in [-0.1, -0.05) is 28.1 Å². The van der Waals surface area contributed by atoms with Crippen molar-refractivity contribution in [3.05, 3.63) is 98.3 Å². The molecule has 0 saturated heterocycles. The first-order chi connectivity index (χ1) is 17.1. The zero-order chi connectivity index (χ0) is 26.1. The molecule has 1 aliphatic heterocycles. The molecular formula is C25H13BrF5N3O2. The van der Waals surface area contributed by atoms with Crippen LogP contribution in [0.15, 0.2) is 57.6 Å². The summed E-state index contributed by atoms with van der Waals surface area (Å²) in [6.07, 6.45) is 1.34. The topological polar surface area (TPSA) is 65.7 Å². The molecule has 0 unspecified atom stereocenters. The van der Waals surface area contributed by atoms with Gasteiger partial charge in [-0.3, -0.25) is 4.79 Å². The zero-order valence-corrected chi connectivity index (χ0v) is 19.8. The summed E-state index contributed by atoms with van der Waals surface area (Å²) in [7, 11) is 0. The lowest BCUT2D eigenvalue weighted by molar-refractivity contribution is -0.114. The van der Waals surface area contributed by atoms with Crippen molar-refractivity contribution in [3.63, 3.8) is 0 Å². The third-order valence-corrected chi connectivity index (χ3v) is 5.70. The van der Waals surface area contributed by atoms with Crippen molar-refractivity contribution in [1.82, 2.24) is 0 Å². The molecule has 0 fully saturated rings. The predicted molar refractivity (Wildman–Crippen MR) is 124 cm³/mol. The van der Waals surface area contributed by atoms with Crippen molar-refractivity contribution in [2.24, 2.45) is 5.10 Å². The van der Waals surface area contributed by atoms with Crippen LogP contribution >= 0.6 is 15.9 Å². The smallest absolute Gasteiger partial charge is 0.280 e. The van der Waals surface area contributed by atoms with E-state index in [1.54, 1.807) is 42.5 Å². The normalized spacial score (nSPS) is 14.3. The molecular weight excluding hydrogens is 549 g/mol. The van der Waals surface area contributed by atoms with Crippen molar-refractivity contribution in [1.29, 1.82) is 5.26 Å². The summed E-state index contributed by atoms with van der Waals surface area (Å²) in [5.41, 5.74) is 0.0199. The largest absolute Gasteiger partial charge is 0.488 e. The maximum absolute atomic E-state index is 14.3. The van der Waals surface area contributed by atoms with E-state index in [4.69, 9.17) is 10.00 Å². The highest BCUT2D eigenvalue weighted by atomic mass is 79.9. The molecule has 11 heteroatoms. The van der Waals surface area contributed by atoms with E-state index in [1.807, 2.05) is 6.07 Å². The number of halogens is 6. The number of rotatable bonds is 5. The monoisotopic (exact) mass is 561 g/mol. The maximum atomic E-state index is 14.3. The van der Waals surface area contributed by atoms with E-state index in [0.29, 0.717) is 21.3 Å². The van der Waals surface area contributed by atoms with Crippen LogP contribution in [0.25, 0.3) is 6.08 Å². The van der Waals surface area contributed by atoms with E-state index in [0.717, 1.165) is 5.56 Å². The molecule has 0 spiro atoms. The van der Waals surface area contributed by atoms with Crippen LogP contribution in [0.1, 0.15) is 23.6 Å². The minimum Gasteiger partial charge on any atom is -0.488 e. The summed E-state index contributed by atoms with van der Waals surface area (Å²) in [5, 5.41) is 12.8. The van der Waals surface area contributed by atoms with Gasteiger partial charge >= 0.3 is 0 Å². The van der Waals surface area contributed by atoms with Crippen LogP contribution in [-0.2, 0) is 11.4 Å². The number of amides is 1. The molecule has 0 aliphatic carbocycles. The number of hydrogen-bond donors (Lipinski definition) is 0. The summed E-state index contributed by atoms with van der Waals surface area (Å²) in [6, 6.07) is 13.6. The molecule has 5 nitrogen and oxygen atoms in total. The fourth-order valence-corrected chi connectivity index (χ4v) is 3.75. The second-order valence-electron chi connectivity index (χ2n) is 7.56. The standard InChI is InChI=1S/C25H13BrF5N3O2/c1-12-17(25(35)34(33-12)24-22(30)20(28)19(27)21(29)23(24)31)9-15-8-16(26)6-7-18(15)36-11-14-4-2-13(10-32)3-5-14/h2-9H,11H2,1H3/b17-9-. The van der Waals surface area contributed by atoms with Crippen LogP contribution in [0.3, 0.4) is 0 Å². The number of nitriles is 1. The van der Waals surface area contributed by atoms with Crippen LogP contribution in [0.5, 0.6) is 5.75 Å². The number of anilines is 1. The Hall–Kier alpha value is -4.04. The van der Waals surface area contributed by atoms with Crippen LogP contribution in [-0.4, -0.2) is 11.6 Å². The maximum Gasteiger partial charge on any atom is 0.280 e. The summed E-state index contributed by atoms with van der Waals surface area (Å²) < 4.78 is 75.9. The van der Waals surface area contributed by atoms with Gasteiger partial charge in [0, 0.05) is 10.0 Å². The van der Waals surface area contributed by atoms with Gasteiger partial charge in [-0.15, -0.1) is 0 Å². The number of hydrazone groups is 1. The van der Waals surface area contributed by atoms with Crippen molar-refractivity contribution in [2.75, 3.05) is 5.01 Å². The lowest BCUT2D eigenvalue weighted by atomic mass is 10.1. The fourth-order valence-electron chi connectivity index (χ4n) is 3.37. The number of nitrogens with zero attached hydrogens (tertiary/aromatic N) is 3. The average molecular weight is 562 g/mol. The summed E-state index contributed by atoms with van der Waals surface area (Å²) in [6.45, 7) is 1.48. The average Bonchev–Trinajstić information content (AvgIpc) is 3.14. The van der Waals surface area contributed by atoms with Gasteiger partial charge in [0.1, 0.15) is 18.0 Å². The van der Waals surface area contributed by atoms with E-state index in [1.165, 1.54) is 13.0 Å². The lowest BCUT2D eigenvalue weighted by Crippen LogP contribution is -2.25. The molecule has 182 valence electrons. The lowest BCUT2D eigenvalue weighted by Gasteiger charge is -2.15. The van der Waals surface area contributed by atoms with Crippen LogP contribution in [0, 0.1) is 40.4 Å². The molecule has 3 aromatic rings. The molecule has 0 aromatic heterocycles. The van der Waals surface area contributed by atoms with Crippen molar-refractivity contribution in [2.45, 2.75) is 13.5 Å². The Morgan fingerprint density at radius 2 is 1.61 bits per heavy atom. The van der Waals surface area contributed by atoms with E-state index in [-0.39, 0.29) is 22.9 Å². The number of carbonyl (C=O) groups is 1. The van der Waals surface area contributed by atoms with Crippen LogP contribution in [0.2, 0.25) is 0 Å². The Balaban J connectivity index is 1.67. The molecule has 0 atom stereocenters. The molecule has 0 bridgehead atoms. The van der Waals surface area contributed by atoms with E-state index in [2.05, 4.69) is 21.0 Å². The highest BCUT2D eigenvalue weighted by molar-refractivity contribution is 9.10. The molecule has 1 aliphatic rings. The van der Waals surface area contributed by atoms with Crippen LogP contribution < -0.4 is 9.75 Å². The summed E-state index contributed by atoms with van der Waals surface area (Å²) >= 11 is 3.32. The quantitative estimate of drug-likeness (QED) is 0.157. The minimum atomic E-state index is -2.34. The highest BCUT2D eigenvalue weighted by Crippen LogP contribution is 2.35. The number of carbonyl (C=O) groups excluding carboxylic acids is 1. The SMILES string of the molecule is CC1=NN(c2c(F)c(F)c(F)c(F)c2F)C(=O)/C1=C\c1cc(Br)ccc1OCc1ccc(C#N)cc1. The summed E-state index contributed by atoms with van der Waals surface area (Å²) in [4.78, 5) is 13.0.